The number of ether oxygens (including phenoxy) is 1. The van der Waals surface area contributed by atoms with E-state index in [1.807, 2.05) is 35.2 Å². The minimum Gasteiger partial charge on any atom is -0.491 e. The van der Waals surface area contributed by atoms with Gasteiger partial charge in [-0.05, 0) is 80.3 Å². The lowest BCUT2D eigenvalue weighted by molar-refractivity contribution is -0.117. The third-order valence-electron chi connectivity index (χ3n) is 6.82. The summed E-state index contributed by atoms with van der Waals surface area (Å²) in [5.74, 6) is 2.08. The van der Waals surface area contributed by atoms with Crippen molar-refractivity contribution in [3.63, 3.8) is 0 Å². The number of para-hydroxylation sites is 2. The monoisotopic (exact) mass is 453 g/mol. The molecule has 34 heavy (non-hydrogen) atoms. The Kier molecular flexibility index (Phi) is 5.86. The maximum Gasteiger partial charge on any atom is 0.227 e. The zero-order valence-electron chi connectivity index (χ0n) is 20.3. The molecule has 5 nitrogen and oxygen atoms in total. The van der Waals surface area contributed by atoms with Crippen molar-refractivity contribution in [2.24, 2.45) is 0 Å². The third kappa shape index (κ3) is 4.18. The second-order valence-corrected chi connectivity index (χ2v) is 9.41. The summed E-state index contributed by atoms with van der Waals surface area (Å²) in [6.07, 6.45) is 0.466. The summed E-state index contributed by atoms with van der Waals surface area (Å²) in [5.41, 5.74) is 7.75. The SMILES string of the molecule is Cc1cc(C)cc(N2CC(c3nc4ccccc4n3CCOc3cccc(C)c3C)CC2=O)c1. The van der Waals surface area contributed by atoms with Crippen LogP contribution in [0.5, 0.6) is 5.75 Å². The Bertz CT molecular complexity index is 1350. The molecule has 1 unspecified atom stereocenters. The Hall–Kier alpha value is -3.60. The van der Waals surface area contributed by atoms with E-state index in [1.165, 1.54) is 22.3 Å². The van der Waals surface area contributed by atoms with Gasteiger partial charge in [0.2, 0.25) is 5.91 Å². The van der Waals surface area contributed by atoms with E-state index >= 15 is 0 Å². The third-order valence-corrected chi connectivity index (χ3v) is 6.82. The van der Waals surface area contributed by atoms with Crippen LogP contribution in [0, 0.1) is 27.7 Å². The van der Waals surface area contributed by atoms with Crippen molar-refractivity contribution in [3.8, 4) is 5.75 Å². The van der Waals surface area contributed by atoms with E-state index in [1.54, 1.807) is 0 Å². The minimum atomic E-state index is 0.0430. The van der Waals surface area contributed by atoms with Gasteiger partial charge in [-0.15, -0.1) is 0 Å². The van der Waals surface area contributed by atoms with Crippen LogP contribution in [0.2, 0.25) is 0 Å². The molecule has 1 aliphatic heterocycles. The van der Waals surface area contributed by atoms with Gasteiger partial charge in [-0.3, -0.25) is 4.79 Å². The average molecular weight is 454 g/mol. The number of carbonyl (C=O) groups excluding carboxylic acids is 1. The van der Waals surface area contributed by atoms with Crippen LogP contribution in [0.1, 0.15) is 40.4 Å². The van der Waals surface area contributed by atoms with Gasteiger partial charge >= 0.3 is 0 Å². The summed E-state index contributed by atoms with van der Waals surface area (Å²) in [4.78, 5) is 19.9. The molecule has 5 heteroatoms. The van der Waals surface area contributed by atoms with Crippen LogP contribution >= 0.6 is 0 Å². The van der Waals surface area contributed by atoms with E-state index < -0.39 is 0 Å². The highest BCUT2D eigenvalue weighted by atomic mass is 16.5. The Morgan fingerprint density at radius 3 is 2.53 bits per heavy atom. The van der Waals surface area contributed by atoms with Crippen LogP contribution in [0.3, 0.4) is 0 Å². The highest BCUT2D eigenvalue weighted by Gasteiger charge is 2.35. The van der Waals surface area contributed by atoms with Gasteiger partial charge in [-0.25, -0.2) is 4.98 Å². The van der Waals surface area contributed by atoms with Gasteiger partial charge in [0.05, 0.1) is 17.6 Å². The minimum absolute atomic E-state index is 0.0430. The van der Waals surface area contributed by atoms with Gasteiger partial charge in [0.25, 0.3) is 0 Å². The molecule has 1 atom stereocenters. The maximum atomic E-state index is 13.0. The molecule has 1 saturated heterocycles. The first-order valence-corrected chi connectivity index (χ1v) is 11.9. The van der Waals surface area contributed by atoms with E-state index in [0.717, 1.165) is 28.3 Å². The number of fused-ring (bicyclic) bond motifs is 1. The molecule has 4 aromatic rings. The van der Waals surface area contributed by atoms with Crippen molar-refractivity contribution < 1.29 is 9.53 Å². The average Bonchev–Trinajstić information content (AvgIpc) is 3.36. The normalized spacial score (nSPS) is 15.9. The smallest absolute Gasteiger partial charge is 0.227 e. The van der Waals surface area contributed by atoms with Crippen LogP contribution in [-0.2, 0) is 11.3 Å². The molecule has 0 N–H and O–H groups in total. The second-order valence-electron chi connectivity index (χ2n) is 9.41. The Morgan fingerprint density at radius 1 is 0.971 bits per heavy atom. The molecule has 5 rings (SSSR count). The fourth-order valence-electron chi connectivity index (χ4n) is 5.00. The zero-order chi connectivity index (χ0) is 23.8. The Morgan fingerprint density at radius 2 is 1.74 bits per heavy atom. The van der Waals surface area contributed by atoms with Crippen molar-refractivity contribution in [3.05, 3.63) is 88.7 Å². The number of anilines is 1. The molecule has 0 saturated carbocycles. The first-order chi connectivity index (χ1) is 16.4. The molecule has 1 aliphatic rings. The van der Waals surface area contributed by atoms with Crippen molar-refractivity contribution in [2.75, 3.05) is 18.1 Å². The molecule has 1 fully saturated rings. The first-order valence-electron chi connectivity index (χ1n) is 11.9. The lowest BCUT2D eigenvalue weighted by atomic mass is 10.1. The number of hydrogen-bond acceptors (Lipinski definition) is 3. The number of nitrogens with zero attached hydrogens (tertiary/aromatic N) is 3. The number of carbonyl (C=O) groups is 1. The topological polar surface area (TPSA) is 47.4 Å². The molecule has 174 valence electrons. The van der Waals surface area contributed by atoms with Crippen LogP contribution in [0.4, 0.5) is 5.69 Å². The predicted octanol–water partition coefficient (Wildman–Crippen LogP) is 5.87. The van der Waals surface area contributed by atoms with Crippen molar-refractivity contribution in [1.82, 2.24) is 9.55 Å². The molecular formula is C29H31N3O2. The summed E-state index contributed by atoms with van der Waals surface area (Å²) in [5, 5.41) is 0. The largest absolute Gasteiger partial charge is 0.491 e. The highest BCUT2D eigenvalue weighted by molar-refractivity contribution is 5.96. The van der Waals surface area contributed by atoms with Gasteiger partial charge in [0.15, 0.2) is 0 Å². The first kappa shape index (κ1) is 22.2. The summed E-state index contributed by atoms with van der Waals surface area (Å²) in [6, 6.07) is 20.7. The van der Waals surface area contributed by atoms with Crippen molar-refractivity contribution in [2.45, 2.75) is 46.6 Å². The fraction of sp³-hybridized carbons (Fsp3) is 0.310. The van der Waals surface area contributed by atoms with E-state index in [-0.39, 0.29) is 11.8 Å². The molecule has 0 bridgehead atoms. The fourth-order valence-corrected chi connectivity index (χ4v) is 5.00. The summed E-state index contributed by atoms with van der Waals surface area (Å²) in [6.45, 7) is 10.2. The van der Waals surface area contributed by atoms with E-state index in [0.29, 0.717) is 26.1 Å². The molecular weight excluding hydrogens is 422 g/mol. The number of hydrogen-bond donors (Lipinski definition) is 0. The van der Waals surface area contributed by atoms with Crippen LogP contribution in [0.15, 0.2) is 60.7 Å². The second kappa shape index (κ2) is 8.98. The lowest BCUT2D eigenvalue weighted by Crippen LogP contribution is -2.25. The van der Waals surface area contributed by atoms with Crippen molar-refractivity contribution >= 4 is 22.6 Å². The standard InChI is InChI=1S/C29H31N3O2/c1-19-14-20(2)16-24(15-19)32-18-23(17-28(32)33)29-30-25-9-5-6-10-26(25)31(29)12-13-34-27-11-7-8-21(3)22(27)4/h5-11,14-16,23H,12-13,17-18H2,1-4H3. The predicted molar refractivity (Wildman–Crippen MR) is 137 cm³/mol. The highest BCUT2D eigenvalue weighted by Crippen LogP contribution is 2.34. The van der Waals surface area contributed by atoms with E-state index in [2.05, 4.69) is 62.6 Å². The van der Waals surface area contributed by atoms with Gasteiger partial charge in [0, 0.05) is 24.6 Å². The van der Waals surface area contributed by atoms with Crippen LogP contribution < -0.4 is 9.64 Å². The molecule has 1 amide bonds. The maximum absolute atomic E-state index is 13.0. The van der Waals surface area contributed by atoms with E-state index in [9.17, 15) is 4.79 Å². The molecule has 3 aromatic carbocycles. The number of aromatic nitrogens is 2. The summed E-state index contributed by atoms with van der Waals surface area (Å²) in [7, 11) is 0. The number of aryl methyl sites for hydroxylation is 3. The van der Waals surface area contributed by atoms with Crippen LogP contribution in [-0.4, -0.2) is 28.6 Å². The number of rotatable bonds is 6. The van der Waals surface area contributed by atoms with Gasteiger partial charge in [-0.1, -0.05) is 30.3 Å². The van der Waals surface area contributed by atoms with Gasteiger partial charge < -0.3 is 14.2 Å². The number of benzene rings is 3. The van der Waals surface area contributed by atoms with Crippen LogP contribution in [0.25, 0.3) is 11.0 Å². The van der Waals surface area contributed by atoms with Crippen molar-refractivity contribution in [1.29, 1.82) is 0 Å². The number of imidazole rings is 1. The molecule has 0 spiro atoms. The van der Waals surface area contributed by atoms with Gasteiger partial charge in [0.1, 0.15) is 18.2 Å². The molecule has 2 heterocycles. The van der Waals surface area contributed by atoms with E-state index in [4.69, 9.17) is 9.72 Å². The summed E-state index contributed by atoms with van der Waals surface area (Å²) >= 11 is 0. The zero-order valence-corrected chi connectivity index (χ0v) is 20.3. The molecule has 0 aliphatic carbocycles. The van der Waals surface area contributed by atoms with Gasteiger partial charge in [-0.2, -0.15) is 0 Å². The Balaban J connectivity index is 1.42. The summed E-state index contributed by atoms with van der Waals surface area (Å²) < 4.78 is 8.41. The molecule has 0 radical (unpaired) electrons. The molecule has 1 aromatic heterocycles. The lowest BCUT2D eigenvalue weighted by Gasteiger charge is -2.19. The number of amides is 1. The Labute approximate surface area is 201 Å². The quantitative estimate of drug-likeness (QED) is 0.367.